The van der Waals surface area contributed by atoms with Gasteiger partial charge in [-0.05, 0) is 57.0 Å². The predicted octanol–water partition coefficient (Wildman–Crippen LogP) is 5.37. The highest BCUT2D eigenvalue weighted by atomic mass is 35.5. The van der Waals surface area contributed by atoms with Crippen molar-refractivity contribution in [1.29, 1.82) is 0 Å². The summed E-state index contributed by atoms with van der Waals surface area (Å²) in [5, 5.41) is 22.1. The molecule has 1 unspecified atom stereocenters. The highest BCUT2D eigenvalue weighted by molar-refractivity contribution is 6.32. The second-order valence-corrected chi connectivity index (χ2v) is 9.84. The van der Waals surface area contributed by atoms with Gasteiger partial charge >= 0.3 is 5.97 Å². The number of hydrogen-bond donors (Lipinski definition) is 2. The van der Waals surface area contributed by atoms with E-state index in [1.54, 1.807) is 18.2 Å². The van der Waals surface area contributed by atoms with Gasteiger partial charge in [-0.25, -0.2) is 13.2 Å². The summed E-state index contributed by atoms with van der Waals surface area (Å²) in [4.78, 5) is 18.5. The van der Waals surface area contributed by atoms with E-state index in [0.29, 0.717) is 66.8 Å². The number of piperidine rings is 1. The Bertz CT molecular complexity index is 1290. The molecule has 3 aromatic rings. The average Bonchev–Trinajstić information content (AvgIpc) is 2.89. The summed E-state index contributed by atoms with van der Waals surface area (Å²) in [6, 6.07) is 6.35. The summed E-state index contributed by atoms with van der Waals surface area (Å²) >= 11 is 6.39. The molecule has 0 spiro atoms. The Kier molecular flexibility index (Phi) is 8.64. The topological polar surface area (TPSA) is 92.1 Å². The molecule has 1 aromatic heterocycles. The zero-order valence-corrected chi connectivity index (χ0v) is 21.5. The molecular weight excluding hydrogens is 525 g/mol. The molecule has 7 nitrogen and oxygen atoms in total. The minimum atomic E-state index is -1.12. The number of likely N-dealkylation sites (tertiary alicyclic amines) is 1. The molecule has 0 amide bonds. The van der Waals surface area contributed by atoms with Gasteiger partial charge in [-0.2, -0.15) is 0 Å². The van der Waals surface area contributed by atoms with Gasteiger partial charge in [-0.3, -0.25) is 14.7 Å². The van der Waals surface area contributed by atoms with Crippen molar-refractivity contribution in [3.63, 3.8) is 0 Å². The molecule has 1 atom stereocenters. The molecular formula is C27H28ClF3N2O5. The molecule has 1 aliphatic heterocycles. The van der Waals surface area contributed by atoms with Crippen LogP contribution in [0.25, 0.3) is 10.9 Å². The molecule has 2 heterocycles. The van der Waals surface area contributed by atoms with E-state index < -0.39 is 40.7 Å². The zero-order chi connectivity index (χ0) is 27.4. The van der Waals surface area contributed by atoms with Crippen LogP contribution in [0.5, 0.6) is 11.5 Å². The van der Waals surface area contributed by atoms with Crippen molar-refractivity contribution in [1.82, 2.24) is 9.88 Å². The molecule has 1 aliphatic rings. The van der Waals surface area contributed by atoms with E-state index in [1.807, 2.05) is 4.90 Å². The minimum absolute atomic E-state index is 0.0463. The average molecular weight is 553 g/mol. The van der Waals surface area contributed by atoms with Gasteiger partial charge < -0.3 is 19.7 Å². The van der Waals surface area contributed by atoms with E-state index >= 15 is 0 Å². The van der Waals surface area contributed by atoms with Crippen LogP contribution in [0, 0.1) is 22.9 Å². The van der Waals surface area contributed by atoms with Crippen LogP contribution < -0.4 is 9.47 Å². The number of aliphatic carboxylic acids is 1. The van der Waals surface area contributed by atoms with E-state index in [9.17, 15) is 28.2 Å². The first-order valence-corrected chi connectivity index (χ1v) is 12.5. The molecule has 4 rings (SSSR count). The van der Waals surface area contributed by atoms with Gasteiger partial charge in [0.05, 0.1) is 29.2 Å². The predicted molar refractivity (Wildman–Crippen MR) is 135 cm³/mol. The molecule has 1 fully saturated rings. The first-order valence-electron chi connectivity index (χ1n) is 12.2. The molecule has 11 heteroatoms. The lowest BCUT2D eigenvalue weighted by atomic mass is 9.74. The standard InChI is InChI=1S/C27H28ClF3N2O5/c1-37-17-2-3-22-18(14-17)24(19(28)15-32-22)23(34)4-5-27(26(35)36)6-8-33(9-7-27)10-11-38-25-20(30)12-16(29)13-21(25)31/h2-3,12-15,23,34H,4-11H2,1H3,(H,35,36). The third-order valence-corrected chi connectivity index (χ3v) is 7.48. The number of halogens is 4. The van der Waals surface area contributed by atoms with Crippen molar-refractivity contribution in [2.45, 2.75) is 31.8 Å². The van der Waals surface area contributed by atoms with Gasteiger partial charge in [0.1, 0.15) is 18.2 Å². The van der Waals surface area contributed by atoms with Crippen LogP contribution in [0.15, 0.2) is 36.5 Å². The number of fused-ring (bicyclic) bond motifs is 1. The monoisotopic (exact) mass is 552 g/mol. The molecule has 2 aromatic carbocycles. The summed E-state index contributed by atoms with van der Waals surface area (Å²) in [6.45, 7) is 1.12. The van der Waals surface area contributed by atoms with Crippen LogP contribution in [-0.4, -0.2) is 59.4 Å². The van der Waals surface area contributed by atoms with Crippen LogP contribution in [0.2, 0.25) is 5.02 Å². The number of benzene rings is 2. The van der Waals surface area contributed by atoms with Gasteiger partial charge in [0, 0.05) is 35.8 Å². The van der Waals surface area contributed by atoms with Crippen LogP contribution in [0.1, 0.15) is 37.4 Å². The Balaban J connectivity index is 1.37. The van der Waals surface area contributed by atoms with Gasteiger partial charge in [0.25, 0.3) is 0 Å². The van der Waals surface area contributed by atoms with E-state index in [1.165, 1.54) is 13.3 Å². The van der Waals surface area contributed by atoms with Gasteiger partial charge in [0.15, 0.2) is 17.4 Å². The third-order valence-electron chi connectivity index (χ3n) is 7.18. The van der Waals surface area contributed by atoms with Gasteiger partial charge in [-0.15, -0.1) is 0 Å². The number of pyridine rings is 1. The number of aliphatic hydroxyl groups excluding tert-OH is 1. The van der Waals surface area contributed by atoms with E-state index in [-0.39, 0.29) is 24.5 Å². The maximum absolute atomic E-state index is 13.8. The Morgan fingerprint density at radius 3 is 2.50 bits per heavy atom. The number of carboxylic acids is 1. The number of carboxylic acid groups (broad SMARTS) is 1. The fourth-order valence-electron chi connectivity index (χ4n) is 4.91. The second kappa shape index (κ2) is 11.8. The number of carbonyl (C=O) groups is 1. The van der Waals surface area contributed by atoms with Crippen molar-refractivity contribution in [3.8, 4) is 11.5 Å². The summed E-state index contributed by atoms with van der Waals surface area (Å²) in [6.07, 6.45) is 1.51. The number of nitrogens with zero attached hydrogens (tertiary/aromatic N) is 2. The fraction of sp³-hybridized carbons (Fsp3) is 0.407. The zero-order valence-electron chi connectivity index (χ0n) is 20.7. The van der Waals surface area contributed by atoms with Crippen LogP contribution in [0.4, 0.5) is 13.2 Å². The summed E-state index contributed by atoms with van der Waals surface area (Å²) in [7, 11) is 1.53. The lowest BCUT2D eigenvalue weighted by Gasteiger charge is -2.39. The Morgan fingerprint density at radius 2 is 1.87 bits per heavy atom. The number of methoxy groups -OCH3 is 1. The van der Waals surface area contributed by atoms with Crippen molar-refractivity contribution in [3.05, 3.63) is 64.6 Å². The minimum Gasteiger partial charge on any atom is -0.497 e. The van der Waals surface area contributed by atoms with E-state index in [0.717, 1.165) is 0 Å². The van der Waals surface area contributed by atoms with Crippen molar-refractivity contribution in [2.24, 2.45) is 5.41 Å². The molecule has 38 heavy (non-hydrogen) atoms. The summed E-state index contributed by atoms with van der Waals surface area (Å²) in [5.74, 6) is -4.27. The first kappa shape index (κ1) is 27.9. The highest BCUT2D eigenvalue weighted by Gasteiger charge is 2.41. The molecule has 0 aliphatic carbocycles. The number of aliphatic hydroxyl groups is 1. The van der Waals surface area contributed by atoms with Crippen molar-refractivity contribution >= 4 is 28.5 Å². The SMILES string of the molecule is COc1ccc2ncc(Cl)c(C(O)CCC3(C(=O)O)CCN(CCOc4c(F)cc(F)cc4F)CC3)c2c1. The van der Waals surface area contributed by atoms with Crippen molar-refractivity contribution in [2.75, 3.05) is 33.4 Å². The second-order valence-electron chi connectivity index (χ2n) is 9.43. The Hall–Kier alpha value is -3.08. The maximum atomic E-state index is 13.8. The lowest BCUT2D eigenvalue weighted by molar-refractivity contribution is -0.153. The molecule has 204 valence electrons. The number of hydrogen-bond acceptors (Lipinski definition) is 6. The fourth-order valence-corrected chi connectivity index (χ4v) is 5.19. The van der Waals surface area contributed by atoms with Crippen LogP contribution in [-0.2, 0) is 4.79 Å². The Labute approximate surface area is 222 Å². The van der Waals surface area contributed by atoms with Crippen LogP contribution in [0.3, 0.4) is 0 Å². The largest absolute Gasteiger partial charge is 0.497 e. The first-order chi connectivity index (χ1) is 18.1. The van der Waals surface area contributed by atoms with Crippen LogP contribution >= 0.6 is 11.6 Å². The lowest BCUT2D eigenvalue weighted by Crippen LogP contribution is -2.45. The number of ether oxygens (including phenoxy) is 2. The summed E-state index contributed by atoms with van der Waals surface area (Å²) in [5.41, 5.74) is 0.0691. The highest BCUT2D eigenvalue weighted by Crippen LogP contribution is 2.41. The third kappa shape index (κ3) is 5.98. The molecule has 1 saturated heterocycles. The molecule has 0 bridgehead atoms. The van der Waals surface area contributed by atoms with E-state index in [4.69, 9.17) is 21.1 Å². The van der Waals surface area contributed by atoms with Gasteiger partial charge in [0.2, 0.25) is 0 Å². The maximum Gasteiger partial charge on any atom is 0.309 e. The summed E-state index contributed by atoms with van der Waals surface area (Å²) < 4.78 is 51.1. The Morgan fingerprint density at radius 1 is 1.18 bits per heavy atom. The molecule has 0 saturated carbocycles. The molecule has 2 N–H and O–H groups in total. The quantitative estimate of drug-likeness (QED) is 0.349. The number of aromatic nitrogens is 1. The smallest absolute Gasteiger partial charge is 0.309 e. The number of rotatable bonds is 10. The molecule has 0 radical (unpaired) electrons. The van der Waals surface area contributed by atoms with Gasteiger partial charge in [-0.1, -0.05) is 11.6 Å². The normalized spacial score (nSPS) is 16.4. The van der Waals surface area contributed by atoms with Crippen molar-refractivity contribution < 1.29 is 37.7 Å². The van der Waals surface area contributed by atoms with E-state index in [2.05, 4.69) is 4.98 Å².